The third-order valence-corrected chi connectivity index (χ3v) is 1.29. The van der Waals surface area contributed by atoms with Crippen LogP contribution in [0.3, 0.4) is 0 Å². The van der Waals surface area contributed by atoms with Gasteiger partial charge in [0.15, 0.2) is 0 Å². The Kier molecular flexibility index (Phi) is 12.3. The van der Waals surface area contributed by atoms with Gasteiger partial charge in [-0.05, 0) is 6.42 Å². The van der Waals surface area contributed by atoms with Gasteiger partial charge < -0.3 is 5.32 Å². The molecule has 0 heterocycles. The van der Waals surface area contributed by atoms with E-state index >= 15 is 0 Å². The number of thiol groups is 1. The Morgan fingerprint density at radius 1 is 1.50 bits per heavy atom. The van der Waals surface area contributed by atoms with E-state index in [9.17, 15) is 13.2 Å². The van der Waals surface area contributed by atoms with E-state index in [0.29, 0.717) is 13.0 Å². The van der Waals surface area contributed by atoms with Gasteiger partial charge in [-0.1, -0.05) is 0 Å². The molecule has 0 aliphatic heterocycles. The number of hydrogen-bond acceptors (Lipinski definition) is 4. The Labute approximate surface area is 103 Å². The van der Waals surface area contributed by atoms with E-state index in [2.05, 4.69) is 9.50 Å². The minimum atomic E-state index is -2.75. The maximum atomic E-state index is 10.3. The summed E-state index contributed by atoms with van der Waals surface area (Å²) >= 11 is 0. The molecule has 0 aliphatic rings. The van der Waals surface area contributed by atoms with Crippen molar-refractivity contribution in [1.82, 2.24) is 5.32 Å². The van der Waals surface area contributed by atoms with Gasteiger partial charge in [0.25, 0.3) is 11.0 Å². The van der Waals surface area contributed by atoms with Gasteiger partial charge >= 0.3 is 37.7 Å². The topological polar surface area (TPSA) is 72.5 Å². The van der Waals surface area contributed by atoms with Gasteiger partial charge in [-0.25, -0.2) is 8.42 Å². The summed E-state index contributed by atoms with van der Waals surface area (Å²) in [5.74, 6) is -0.128. The molecule has 0 fully saturated rings. The fraction of sp³-hybridized carbons (Fsp3) is 0.800. The molecule has 0 aliphatic carbocycles. The van der Waals surface area contributed by atoms with Crippen LogP contribution in [0, 0.1) is 0 Å². The predicted molar refractivity (Wildman–Crippen MR) is 48.1 cm³/mol. The molecule has 1 N–H and O–H groups in total. The Hall–Kier alpha value is 0.640. The first-order valence-corrected chi connectivity index (χ1v) is 4.24. The summed E-state index contributed by atoms with van der Waals surface area (Å²) in [6.45, 7) is 1.96. The molecule has 1 amide bonds. The second-order valence-corrected chi connectivity index (χ2v) is 2.60. The Morgan fingerprint density at radius 2 is 2.08 bits per heavy atom. The fourth-order valence-electron chi connectivity index (χ4n) is 0.476. The standard InChI is InChI=1S/C5H11NO4S.Ca.2H/c1-5(7)6-3-2-4-10-11(8)9;;;/h11H,2-4H2,1H3,(H,6,7);;;. The molecule has 5 nitrogen and oxygen atoms in total. The first kappa shape index (κ1) is 15.1. The van der Waals surface area contributed by atoms with Crippen LogP contribution < -0.4 is 5.32 Å². The number of amides is 1. The SMILES string of the molecule is CC(=O)NCCCO[SH](=O)=O.[CaH2]. The molecule has 7 heteroatoms. The molecule has 0 unspecified atom stereocenters. The van der Waals surface area contributed by atoms with Crippen LogP contribution in [0.4, 0.5) is 0 Å². The number of carbonyl (C=O) groups is 1. The Bertz CT molecular complexity index is 186. The summed E-state index contributed by atoms with van der Waals surface area (Å²) in [4.78, 5) is 10.3. The third-order valence-electron chi connectivity index (χ3n) is 0.892. The fourth-order valence-corrected chi connectivity index (χ4v) is 0.754. The van der Waals surface area contributed by atoms with Crippen LogP contribution in [0.15, 0.2) is 0 Å². The zero-order chi connectivity index (χ0) is 8.69. The van der Waals surface area contributed by atoms with Crippen molar-refractivity contribution in [2.24, 2.45) is 0 Å². The van der Waals surface area contributed by atoms with E-state index in [1.54, 1.807) is 0 Å². The van der Waals surface area contributed by atoms with Gasteiger partial charge in [-0.15, -0.1) is 0 Å². The van der Waals surface area contributed by atoms with E-state index in [4.69, 9.17) is 0 Å². The van der Waals surface area contributed by atoms with Crippen molar-refractivity contribution in [3.63, 3.8) is 0 Å². The maximum absolute atomic E-state index is 10.3. The number of carbonyl (C=O) groups excluding carboxylic acids is 1. The van der Waals surface area contributed by atoms with Crippen LogP contribution in [0.2, 0.25) is 0 Å². The first-order chi connectivity index (χ1) is 5.13. The molecule has 0 saturated carbocycles. The molecule has 12 heavy (non-hydrogen) atoms. The van der Waals surface area contributed by atoms with Crippen molar-refractivity contribution in [3.8, 4) is 0 Å². The van der Waals surface area contributed by atoms with Crippen molar-refractivity contribution >= 4 is 54.6 Å². The van der Waals surface area contributed by atoms with E-state index in [1.165, 1.54) is 6.92 Å². The monoisotopic (exact) mass is 223 g/mol. The summed E-state index contributed by atoms with van der Waals surface area (Å²) in [5, 5.41) is 2.50. The van der Waals surface area contributed by atoms with Crippen molar-refractivity contribution in [1.29, 1.82) is 0 Å². The second kappa shape index (κ2) is 9.73. The van der Waals surface area contributed by atoms with Crippen LogP contribution in [0.1, 0.15) is 13.3 Å². The van der Waals surface area contributed by atoms with Gasteiger partial charge in [0.05, 0.1) is 6.61 Å². The average molecular weight is 223 g/mol. The Morgan fingerprint density at radius 3 is 2.50 bits per heavy atom. The molecule has 0 atom stereocenters. The normalized spacial score (nSPS) is 9.17. The van der Waals surface area contributed by atoms with Gasteiger partial charge in [-0.2, -0.15) is 0 Å². The molecular weight excluding hydrogens is 210 g/mol. The zero-order valence-electron chi connectivity index (χ0n) is 6.20. The van der Waals surface area contributed by atoms with Crippen molar-refractivity contribution in [2.45, 2.75) is 13.3 Å². The van der Waals surface area contributed by atoms with E-state index < -0.39 is 11.0 Å². The number of rotatable bonds is 5. The molecule has 0 aromatic heterocycles. The molecular formula is C5H13CaNO4S. The predicted octanol–water partition coefficient (Wildman–Crippen LogP) is -1.86. The van der Waals surface area contributed by atoms with Gasteiger partial charge in [-0.3, -0.25) is 8.98 Å². The van der Waals surface area contributed by atoms with Crippen LogP contribution in [-0.4, -0.2) is 65.2 Å². The van der Waals surface area contributed by atoms with Crippen LogP contribution >= 0.6 is 0 Å². The van der Waals surface area contributed by atoms with Crippen LogP contribution in [0.5, 0.6) is 0 Å². The van der Waals surface area contributed by atoms with Gasteiger partial charge in [0, 0.05) is 13.5 Å². The minimum absolute atomic E-state index is 0. The molecule has 0 spiro atoms. The molecule has 0 aromatic rings. The number of nitrogens with one attached hydrogen (secondary N) is 1. The molecule has 70 valence electrons. The van der Waals surface area contributed by atoms with Gasteiger partial charge in [0.1, 0.15) is 0 Å². The van der Waals surface area contributed by atoms with E-state index in [0.717, 1.165) is 0 Å². The van der Waals surface area contributed by atoms with Gasteiger partial charge in [0.2, 0.25) is 5.91 Å². The van der Waals surface area contributed by atoms with Crippen molar-refractivity contribution in [2.75, 3.05) is 13.2 Å². The number of hydrogen-bond donors (Lipinski definition) is 2. The van der Waals surface area contributed by atoms with Crippen molar-refractivity contribution < 1.29 is 17.4 Å². The Balaban J connectivity index is 0. The summed E-state index contributed by atoms with van der Waals surface area (Å²) in [6, 6.07) is 0. The van der Waals surface area contributed by atoms with E-state index in [-0.39, 0.29) is 50.3 Å². The van der Waals surface area contributed by atoms with Crippen LogP contribution in [-0.2, 0) is 20.0 Å². The third kappa shape index (κ3) is 13.2. The molecule has 0 aromatic carbocycles. The van der Waals surface area contributed by atoms with E-state index in [1.807, 2.05) is 0 Å². The summed E-state index contributed by atoms with van der Waals surface area (Å²) in [5.41, 5.74) is 0. The summed E-state index contributed by atoms with van der Waals surface area (Å²) in [6.07, 6.45) is 0.503. The van der Waals surface area contributed by atoms with Crippen LogP contribution in [0.25, 0.3) is 0 Å². The van der Waals surface area contributed by atoms with Crippen molar-refractivity contribution in [3.05, 3.63) is 0 Å². The summed E-state index contributed by atoms with van der Waals surface area (Å²) < 4.78 is 23.9. The summed E-state index contributed by atoms with van der Waals surface area (Å²) in [7, 11) is -2.75. The first-order valence-electron chi connectivity index (χ1n) is 3.14. The molecule has 0 rings (SSSR count). The average Bonchev–Trinajstić information content (AvgIpc) is 1.85. The molecule has 0 radical (unpaired) electrons. The second-order valence-electron chi connectivity index (χ2n) is 1.89. The zero-order valence-corrected chi connectivity index (χ0v) is 7.10. The molecule has 0 saturated heterocycles. The molecule has 0 bridgehead atoms. The quantitative estimate of drug-likeness (QED) is 0.326.